The van der Waals surface area contributed by atoms with E-state index in [1.165, 1.54) is 28.5 Å². The van der Waals surface area contributed by atoms with Gasteiger partial charge in [-0.1, -0.05) is 51.1 Å². The molecule has 0 amide bonds. The van der Waals surface area contributed by atoms with Crippen molar-refractivity contribution < 1.29 is 8.82 Å². The molecule has 0 fully saturated rings. The third-order valence-corrected chi connectivity index (χ3v) is 11.8. The smallest absolute Gasteiger partial charge is 0.193 e. The number of halogens is 1. The molecule has 1 unspecified atom stereocenters. The van der Waals surface area contributed by atoms with Crippen molar-refractivity contribution in [3.63, 3.8) is 0 Å². The molecule has 0 spiro atoms. The van der Waals surface area contributed by atoms with E-state index in [-0.39, 0.29) is 16.7 Å². The number of nitriles is 1. The number of nitrogens with zero attached hydrogens (tertiary/aromatic N) is 2. The fourth-order valence-electron chi connectivity index (χ4n) is 3.39. The van der Waals surface area contributed by atoms with E-state index in [2.05, 4.69) is 69.2 Å². The first-order chi connectivity index (χ1) is 14.6. The Hall–Kier alpha value is -2.59. The summed E-state index contributed by atoms with van der Waals surface area (Å²) < 4.78 is 20.3. The lowest BCUT2D eigenvalue weighted by Crippen LogP contribution is -2.41. The second-order valence-corrected chi connectivity index (χ2v) is 15.1. The van der Waals surface area contributed by atoms with Crippen LogP contribution in [0.1, 0.15) is 43.6 Å². The van der Waals surface area contributed by atoms with Crippen LogP contribution < -0.4 is 0 Å². The number of hydrogen-bond acceptors (Lipinski definition) is 4. The molecule has 1 aliphatic carbocycles. The highest BCUT2D eigenvalue weighted by Gasteiger charge is 2.40. The molecule has 3 nitrogen and oxygen atoms in total. The maximum Gasteiger partial charge on any atom is 0.193 e. The first kappa shape index (κ1) is 21.6. The summed E-state index contributed by atoms with van der Waals surface area (Å²) in [7, 11) is -1.91. The van der Waals surface area contributed by atoms with E-state index in [9.17, 15) is 4.39 Å². The molecule has 31 heavy (non-hydrogen) atoms. The average molecular weight is 449 g/mol. The maximum absolute atomic E-state index is 13.7. The van der Waals surface area contributed by atoms with Crippen molar-refractivity contribution >= 4 is 25.7 Å². The summed E-state index contributed by atoms with van der Waals surface area (Å²) in [5.74, 6) is -0.512. The zero-order valence-electron chi connectivity index (χ0n) is 18.4. The maximum atomic E-state index is 13.7. The van der Waals surface area contributed by atoms with Crippen LogP contribution in [0.2, 0.25) is 18.1 Å². The highest BCUT2D eigenvalue weighted by molar-refractivity contribution is 7.18. The fourth-order valence-corrected chi connectivity index (χ4v) is 5.54. The Bertz CT molecular complexity index is 1220. The highest BCUT2D eigenvalue weighted by Crippen LogP contribution is 2.45. The zero-order chi connectivity index (χ0) is 22.4. The molecule has 3 aromatic rings. The topological polar surface area (TPSA) is 45.9 Å². The van der Waals surface area contributed by atoms with Gasteiger partial charge in [-0.25, -0.2) is 9.37 Å². The van der Waals surface area contributed by atoms with Crippen LogP contribution >= 0.6 is 11.3 Å². The number of aromatic nitrogens is 1. The van der Waals surface area contributed by atoms with Gasteiger partial charge in [-0.3, -0.25) is 0 Å². The number of thiazole rings is 1. The molecule has 1 atom stereocenters. The van der Waals surface area contributed by atoms with Gasteiger partial charge in [-0.2, -0.15) is 5.26 Å². The van der Waals surface area contributed by atoms with E-state index in [0.717, 1.165) is 21.0 Å². The summed E-state index contributed by atoms with van der Waals surface area (Å²) in [6.07, 6.45) is 6.11. The minimum absolute atomic E-state index is 0.0291. The predicted molar refractivity (Wildman–Crippen MR) is 128 cm³/mol. The van der Waals surface area contributed by atoms with Crippen LogP contribution in [-0.4, -0.2) is 13.3 Å². The minimum Gasteiger partial charge on any atom is -0.406 e. The Labute approximate surface area is 188 Å². The summed E-state index contributed by atoms with van der Waals surface area (Å²) in [6.45, 7) is 11.3. The van der Waals surface area contributed by atoms with Crippen LogP contribution in [0.25, 0.3) is 27.1 Å². The highest BCUT2D eigenvalue weighted by atomic mass is 32.1. The Morgan fingerprint density at radius 1 is 1.19 bits per heavy atom. The third-order valence-electron chi connectivity index (χ3n) is 6.22. The first-order valence-corrected chi connectivity index (χ1v) is 14.0. The molecule has 0 saturated carbocycles. The molecule has 4 rings (SSSR count). The third kappa shape index (κ3) is 4.01. The van der Waals surface area contributed by atoms with Crippen molar-refractivity contribution in [2.24, 2.45) is 0 Å². The summed E-state index contributed by atoms with van der Waals surface area (Å²) in [6, 6.07) is 12.7. The van der Waals surface area contributed by atoms with E-state index in [1.54, 1.807) is 12.1 Å². The molecule has 158 valence electrons. The molecule has 2 aromatic carbocycles. The van der Waals surface area contributed by atoms with Crippen LogP contribution in [0.4, 0.5) is 4.39 Å². The van der Waals surface area contributed by atoms with Crippen molar-refractivity contribution in [3.05, 3.63) is 71.2 Å². The molecule has 0 saturated heterocycles. The van der Waals surface area contributed by atoms with Gasteiger partial charge in [0.15, 0.2) is 8.32 Å². The van der Waals surface area contributed by atoms with E-state index in [0.29, 0.717) is 0 Å². The molecular formula is C25H25FN2OSSi. The lowest BCUT2D eigenvalue weighted by atomic mass is 10.0. The van der Waals surface area contributed by atoms with Crippen molar-refractivity contribution in [2.75, 3.05) is 0 Å². The average Bonchev–Trinajstić information content (AvgIpc) is 3.35. The normalized spacial score (nSPS) is 15.7. The Morgan fingerprint density at radius 3 is 2.68 bits per heavy atom. The standard InChI is InChI=1S/C25H25FN2OSSi/c1-25(2,3)31(4,5)29-22-12-10-18-19(22)7-6-8-20(18)23-15-28-24(30-23)16-9-11-21(26)17(13-16)14-27/h6-13,15,22H,1-5H3. The van der Waals surface area contributed by atoms with E-state index < -0.39 is 14.1 Å². The summed E-state index contributed by atoms with van der Waals surface area (Å²) in [5, 5.41) is 10.0. The molecular weight excluding hydrogens is 423 g/mol. The van der Waals surface area contributed by atoms with Crippen LogP contribution in [0.5, 0.6) is 0 Å². The molecule has 1 aromatic heterocycles. The minimum atomic E-state index is -1.91. The molecule has 0 bridgehead atoms. The molecule has 0 aliphatic heterocycles. The van der Waals surface area contributed by atoms with Gasteiger partial charge in [0, 0.05) is 17.3 Å². The van der Waals surface area contributed by atoms with E-state index in [1.807, 2.05) is 12.3 Å². The number of hydrogen-bond donors (Lipinski definition) is 0. The molecule has 1 heterocycles. The van der Waals surface area contributed by atoms with Gasteiger partial charge in [-0.05, 0) is 47.5 Å². The summed E-state index contributed by atoms with van der Waals surface area (Å²) in [4.78, 5) is 5.58. The van der Waals surface area contributed by atoms with Crippen LogP contribution in [0.15, 0.2) is 48.7 Å². The molecule has 0 N–H and O–H groups in total. The lowest BCUT2D eigenvalue weighted by molar-refractivity contribution is 0.232. The Morgan fingerprint density at radius 2 is 1.97 bits per heavy atom. The van der Waals surface area contributed by atoms with Gasteiger partial charge >= 0.3 is 0 Å². The van der Waals surface area contributed by atoms with Gasteiger partial charge in [0.25, 0.3) is 0 Å². The molecule has 1 aliphatic rings. The molecule has 6 heteroatoms. The van der Waals surface area contributed by atoms with E-state index in [4.69, 9.17) is 9.69 Å². The van der Waals surface area contributed by atoms with Crippen molar-refractivity contribution in [3.8, 4) is 27.1 Å². The number of fused-ring (bicyclic) bond motifs is 1. The summed E-state index contributed by atoms with van der Waals surface area (Å²) in [5.41, 5.74) is 4.24. The van der Waals surface area contributed by atoms with Crippen molar-refractivity contribution in [1.82, 2.24) is 4.98 Å². The van der Waals surface area contributed by atoms with Gasteiger partial charge in [0.1, 0.15) is 16.9 Å². The Kier molecular flexibility index (Phi) is 5.46. The molecule has 0 radical (unpaired) electrons. The van der Waals surface area contributed by atoms with Crippen LogP contribution in [0.3, 0.4) is 0 Å². The largest absolute Gasteiger partial charge is 0.406 e. The second-order valence-electron chi connectivity index (χ2n) is 9.30. The van der Waals surface area contributed by atoms with Crippen molar-refractivity contribution in [1.29, 1.82) is 5.26 Å². The number of rotatable bonds is 4. The van der Waals surface area contributed by atoms with Crippen LogP contribution in [-0.2, 0) is 4.43 Å². The Balaban J connectivity index is 1.66. The zero-order valence-corrected chi connectivity index (χ0v) is 20.2. The lowest BCUT2D eigenvalue weighted by Gasteiger charge is -2.38. The summed E-state index contributed by atoms with van der Waals surface area (Å²) >= 11 is 1.54. The van der Waals surface area contributed by atoms with Gasteiger partial charge in [-0.15, -0.1) is 11.3 Å². The fraction of sp³-hybridized carbons (Fsp3) is 0.280. The van der Waals surface area contributed by atoms with Gasteiger partial charge < -0.3 is 4.43 Å². The number of benzene rings is 2. The monoisotopic (exact) mass is 448 g/mol. The van der Waals surface area contributed by atoms with E-state index >= 15 is 0 Å². The first-order valence-electron chi connectivity index (χ1n) is 10.3. The van der Waals surface area contributed by atoms with Crippen LogP contribution in [0, 0.1) is 17.1 Å². The second kappa shape index (κ2) is 7.83. The van der Waals surface area contributed by atoms with Gasteiger partial charge in [0.2, 0.25) is 0 Å². The predicted octanol–water partition coefficient (Wildman–Crippen LogP) is 7.58. The quantitative estimate of drug-likeness (QED) is 0.386. The van der Waals surface area contributed by atoms with Crippen molar-refractivity contribution in [2.45, 2.75) is 45.0 Å². The SMILES string of the molecule is CC(C)(C)[Si](C)(C)OC1C=Cc2c(-c3cnc(-c4ccc(F)c(C#N)c4)s3)cccc21. The van der Waals surface area contributed by atoms with Gasteiger partial charge in [0.05, 0.1) is 16.5 Å².